The molecule has 24 nitrogen and oxygen atoms in total. The van der Waals surface area contributed by atoms with E-state index in [1.807, 2.05) is 0 Å². The topological polar surface area (TPSA) is 349 Å². The van der Waals surface area contributed by atoms with E-state index in [0.29, 0.717) is 11.1 Å². The predicted molar refractivity (Wildman–Crippen MR) is 332 cm³/mol. The fraction of sp³-hybridized carbons (Fsp3) is 0.449. The maximum absolute atomic E-state index is 15.9. The Kier molecular flexibility index (Phi) is 20.1. The van der Waals surface area contributed by atoms with Gasteiger partial charge in [0.25, 0.3) is 5.91 Å². The van der Waals surface area contributed by atoms with Gasteiger partial charge in [0.05, 0.1) is 54.0 Å². The lowest BCUT2D eigenvalue weighted by atomic mass is 9.44. The lowest BCUT2D eigenvalue weighted by molar-refractivity contribution is -0.351. The van der Waals surface area contributed by atoms with Gasteiger partial charge in [-0.1, -0.05) is 123 Å². The number of carbonyl (C=O) groups is 10. The molecule has 6 N–H and O–H groups in total. The van der Waals surface area contributed by atoms with Gasteiger partial charge in [-0.05, 0) is 65.8 Å². The van der Waals surface area contributed by atoms with E-state index >= 15 is 9.59 Å². The van der Waals surface area contributed by atoms with Crippen LogP contribution in [-0.2, 0) is 95.3 Å². The van der Waals surface area contributed by atoms with E-state index in [4.69, 9.17) is 33.2 Å². The molecule has 4 fully saturated rings. The summed E-state index contributed by atoms with van der Waals surface area (Å²) in [5.41, 5.74) is -6.33. The summed E-state index contributed by atoms with van der Waals surface area (Å²) in [6.07, 6.45) is -12.2. The van der Waals surface area contributed by atoms with Gasteiger partial charge in [0.1, 0.15) is 36.5 Å². The molecule has 1 saturated heterocycles. The van der Waals surface area contributed by atoms with Crippen LogP contribution in [-0.4, -0.2) is 163 Å². The Morgan fingerprint density at radius 3 is 2.04 bits per heavy atom. The monoisotopic (exact) mass is 1310 g/mol. The van der Waals surface area contributed by atoms with E-state index in [9.17, 15) is 57.9 Å². The molecule has 2 aliphatic heterocycles. The molecule has 2 bridgehead atoms. The second kappa shape index (κ2) is 27.7. The number of amides is 3. The van der Waals surface area contributed by atoms with Crippen LogP contribution in [0.2, 0.25) is 0 Å². The number of hydrogen-bond acceptors (Lipinski definition) is 20. The molecule has 0 aromatic heterocycles. The Morgan fingerprint density at radius 1 is 0.809 bits per heavy atom. The van der Waals surface area contributed by atoms with Gasteiger partial charge in [-0.2, -0.15) is 0 Å². The molecule has 4 aromatic carbocycles. The molecule has 25 heteroatoms. The van der Waals surface area contributed by atoms with Gasteiger partial charge in [-0.3, -0.25) is 37.8 Å². The van der Waals surface area contributed by atoms with Crippen molar-refractivity contribution in [2.24, 2.45) is 22.7 Å². The highest BCUT2D eigenvalue weighted by Gasteiger charge is 2.78. The maximum atomic E-state index is 15.9. The number of aliphatic hydroxyl groups is 2. The highest BCUT2D eigenvalue weighted by atomic mass is 32.2. The molecule has 0 spiro atoms. The van der Waals surface area contributed by atoms with E-state index in [-0.39, 0.29) is 78.2 Å². The van der Waals surface area contributed by atoms with Crippen LogP contribution in [0.25, 0.3) is 0 Å². The summed E-state index contributed by atoms with van der Waals surface area (Å²) in [4.78, 5) is 139. The number of aliphatic carboxylic acids is 1. The number of ether oxygens (including phenoxy) is 7. The van der Waals surface area contributed by atoms with Crippen LogP contribution in [0.15, 0.2) is 144 Å². The molecule has 94 heavy (non-hydrogen) atoms. The van der Waals surface area contributed by atoms with Crippen molar-refractivity contribution in [2.75, 3.05) is 25.5 Å². The molecule has 3 unspecified atom stereocenters. The fourth-order valence-corrected chi connectivity index (χ4v) is 16.4. The second-order valence-corrected chi connectivity index (χ2v) is 26.9. The zero-order valence-electron chi connectivity index (χ0n) is 52.6. The minimum absolute atomic E-state index is 0.00506. The Bertz CT molecular complexity index is 3710. The van der Waals surface area contributed by atoms with Crippen molar-refractivity contribution >= 4 is 70.1 Å². The summed E-state index contributed by atoms with van der Waals surface area (Å²) in [6, 6.07) is 30.9. The SMILES string of the molecule is CC(=O)O[C@H]1C(=O)[C@@]2(C)[C@H]([C@H](OCc3ccccc3)[C@]3(O)C[C@H](OC(=O)[C@@H](OC(=O)CCCNC(=O)OCC4=C(C(=O)O)C5C(=O)[C@@H](NC(=O)Cc6ccccc6)C5S(=O)C4)[C@H](NC(=O)c4ccccc4)c4ccccc4)C(C)=C1C3(C)C)[C@]1(OC(C)=O)CO[C@@H]1C[C@@H]2O. The molecule has 3 amide bonds. The Morgan fingerprint density at radius 2 is 1.44 bits per heavy atom. The Balaban J connectivity index is 0.918. The third kappa shape index (κ3) is 13.1. The van der Waals surface area contributed by atoms with Crippen molar-refractivity contribution in [3.8, 4) is 0 Å². The van der Waals surface area contributed by atoms with E-state index in [0.717, 1.165) is 6.92 Å². The van der Waals surface area contributed by atoms with Crippen molar-refractivity contribution in [3.63, 3.8) is 0 Å². The summed E-state index contributed by atoms with van der Waals surface area (Å²) in [7, 11) is -1.85. The predicted octanol–water partition coefficient (Wildman–Crippen LogP) is 4.59. The quantitative estimate of drug-likeness (QED) is 0.0271. The summed E-state index contributed by atoms with van der Waals surface area (Å²) in [6.45, 7) is 7.04. The van der Waals surface area contributed by atoms with Crippen molar-refractivity contribution in [2.45, 2.75) is 145 Å². The molecule has 6 aliphatic rings. The van der Waals surface area contributed by atoms with E-state index in [1.54, 1.807) is 123 Å². The van der Waals surface area contributed by atoms with E-state index in [1.165, 1.54) is 32.9 Å². The van der Waals surface area contributed by atoms with Crippen LogP contribution < -0.4 is 16.0 Å². The molecule has 3 saturated carbocycles. The average Bonchev–Trinajstić information content (AvgIpc) is 0.671. The number of fused-ring (bicyclic) bond motifs is 6. The first-order valence-electron chi connectivity index (χ1n) is 30.9. The lowest BCUT2D eigenvalue weighted by Crippen LogP contribution is -2.81. The molecule has 15 atom stereocenters. The maximum Gasteiger partial charge on any atom is 0.407 e. The van der Waals surface area contributed by atoms with Crippen LogP contribution in [0.1, 0.15) is 100 Å². The van der Waals surface area contributed by atoms with Crippen LogP contribution in [0.4, 0.5) is 4.79 Å². The van der Waals surface area contributed by atoms with Crippen molar-refractivity contribution in [1.29, 1.82) is 0 Å². The molecule has 498 valence electrons. The standard InChI is InChI=1S/C69H75N3O21S/c1-37-45(32-69(85)61(87-33-41-22-13-8-14-23-41)59-67(6,46(75)31-47-68(59,36-89-47)93-39(3)74)60(79)56(90-38(2)73)52(37)66(69,4)5)91-64(83)57(53(42-24-15-9-16-25-42)72-62(80)43-26-17-10-18-27-43)92-49(77)28-19-29-70-65(84)88-34-44-35-94(86)58-51(50(44)63(81)82)55(78)54(58)71-48(76)30-40-20-11-7-12-21-40/h7-18,20-27,45-47,51,53-54,56-59,61,75,85H,19,28-36H2,1-6H3,(H,70,84)(H,71,76)(H,72,80)(H,81,82)/t45-,46-,47+,51?,53+,54+,56+,57-,58?,59-,61-,67+,68-,69+,94?/m0/s1. The van der Waals surface area contributed by atoms with E-state index in [2.05, 4.69) is 16.0 Å². The minimum Gasteiger partial charge on any atom is -0.478 e. The molecule has 10 rings (SSSR count). The van der Waals surface area contributed by atoms with Crippen molar-refractivity contribution < 1.29 is 101 Å². The lowest BCUT2D eigenvalue weighted by Gasteiger charge is -2.67. The average molecular weight is 1310 g/mol. The molecule has 2 heterocycles. The van der Waals surface area contributed by atoms with Crippen LogP contribution in [0.5, 0.6) is 0 Å². The number of esters is 4. The second-order valence-electron chi connectivity index (χ2n) is 25.4. The van der Waals surface area contributed by atoms with Gasteiger partial charge >= 0.3 is 35.9 Å². The van der Waals surface area contributed by atoms with Gasteiger partial charge < -0.3 is 64.4 Å². The third-order valence-corrected chi connectivity index (χ3v) is 21.1. The molecular formula is C69H75N3O21S. The number of carbonyl (C=O) groups excluding carboxylic acids is 9. The summed E-state index contributed by atoms with van der Waals surface area (Å²) in [5.74, 6) is -11.3. The first-order valence-corrected chi connectivity index (χ1v) is 32.3. The van der Waals surface area contributed by atoms with Crippen LogP contribution >= 0.6 is 0 Å². The number of Topliss-reactive ketones (excluding diaryl/α,β-unsaturated/α-hetero) is 2. The number of aliphatic hydroxyl groups excluding tert-OH is 1. The number of alkyl carbamates (subject to hydrolysis) is 1. The number of carboxylic acids is 1. The number of hydrogen-bond donors (Lipinski definition) is 6. The fourth-order valence-electron chi connectivity index (χ4n) is 14.5. The normalized spacial score (nSPS) is 29.4. The molecule has 4 aliphatic carbocycles. The summed E-state index contributed by atoms with van der Waals surface area (Å²) < 4.78 is 56.6. The number of rotatable bonds is 22. The van der Waals surface area contributed by atoms with Gasteiger partial charge in [0.15, 0.2) is 23.3 Å². The minimum atomic E-state index is -2.33. The largest absolute Gasteiger partial charge is 0.478 e. The summed E-state index contributed by atoms with van der Waals surface area (Å²) in [5, 5.41) is 43.6. The first-order chi connectivity index (χ1) is 44.7. The van der Waals surface area contributed by atoms with Crippen LogP contribution in [0.3, 0.4) is 0 Å². The van der Waals surface area contributed by atoms with Crippen LogP contribution in [0, 0.1) is 22.7 Å². The first kappa shape index (κ1) is 68.1. The van der Waals surface area contributed by atoms with Gasteiger partial charge in [0.2, 0.25) is 12.0 Å². The molecular weight excluding hydrogens is 1240 g/mol. The zero-order valence-corrected chi connectivity index (χ0v) is 53.4. The van der Waals surface area contributed by atoms with Gasteiger partial charge in [-0.25, -0.2) is 14.4 Å². The smallest absolute Gasteiger partial charge is 0.407 e. The number of carboxylic acid groups (broad SMARTS) is 1. The Labute approximate surface area is 543 Å². The highest BCUT2D eigenvalue weighted by Crippen LogP contribution is 2.64. The van der Waals surface area contributed by atoms with Crippen molar-refractivity contribution in [3.05, 3.63) is 166 Å². The van der Waals surface area contributed by atoms with Gasteiger partial charge in [-0.15, -0.1) is 0 Å². The number of nitrogens with one attached hydrogen (secondary N) is 3. The summed E-state index contributed by atoms with van der Waals surface area (Å²) >= 11 is 0. The number of ketones is 2. The van der Waals surface area contributed by atoms with E-state index < -0.39 is 177 Å². The molecule has 0 radical (unpaired) electrons. The third-order valence-electron chi connectivity index (χ3n) is 19.3. The zero-order chi connectivity index (χ0) is 67.6. The highest BCUT2D eigenvalue weighted by molar-refractivity contribution is 7.86. The van der Waals surface area contributed by atoms with Gasteiger partial charge in [0, 0.05) is 73.1 Å². The Hall–Kier alpha value is -8.75. The molecule has 4 aromatic rings. The number of benzene rings is 4. The van der Waals surface area contributed by atoms with Crippen molar-refractivity contribution in [1.82, 2.24) is 16.0 Å².